The molecule has 0 atom stereocenters. The first-order chi connectivity index (χ1) is 14.0. The molecule has 1 N–H and O–H groups in total. The molecule has 8 heteroatoms. The van der Waals surface area contributed by atoms with Crippen molar-refractivity contribution in [2.75, 3.05) is 37.1 Å². The second kappa shape index (κ2) is 9.09. The fourth-order valence-corrected chi connectivity index (χ4v) is 2.92. The predicted octanol–water partition coefficient (Wildman–Crippen LogP) is 2.63. The molecule has 2 amide bonds. The topological polar surface area (TPSA) is 94.2 Å². The van der Waals surface area contributed by atoms with E-state index in [1.165, 1.54) is 18.9 Å². The van der Waals surface area contributed by atoms with Crippen molar-refractivity contribution in [2.24, 2.45) is 0 Å². The van der Waals surface area contributed by atoms with Gasteiger partial charge in [0.25, 0.3) is 0 Å². The van der Waals surface area contributed by atoms with Crippen LogP contribution >= 0.6 is 0 Å². The van der Waals surface area contributed by atoms with Crippen LogP contribution in [0.1, 0.15) is 23.7 Å². The standard InChI is InChI=1S/C21H22N2O6/c1-14(24)23(17-6-3-15(4-7-17)21(26)27-2)10-9-20(25)22-16-5-8-18-19(13-16)29-12-11-28-18/h3-8,13H,9-12H2,1-2H3,(H,22,25). The molecule has 0 saturated carbocycles. The van der Waals surface area contributed by atoms with E-state index in [2.05, 4.69) is 10.1 Å². The van der Waals surface area contributed by atoms with Crippen molar-refractivity contribution < 1.29 is 28.6 Å². The van der Waals surface area contributed by atoms with E-state index in [0.717, 1.165) is 0 Å². The third-order valence-electron chi connectivity index (χ3n) is 4.37. The van der Waals surface area contributed by atoms with Gasteiger partial charge in [0.05, 0.1) is 12.7 Å². The molecule has 2 aromatic carbocycles. The molecule has 0 spiro atoms. The summed E-state index contributed by atoms with van der Waals surface area (Å²) in [4.78, 5) is 37.4. The number of rotatable bonds is 6. The number of amides is 2. The average molecular weight is 398 g/mol. The lowest BCUT2D eigenvalue weighted by Gasteiger charge is -2.21. The second-order valence-electron chi connectivity index (χ2n) is 6.37. The van der Waals surface area contributed by atoms with Gasteiger partial charge in [-0.2, -0.15) is 0 Å². The molecule has 152 valence electrons. The Hall–Kier alpha value is -3.55. The number of benzene rings is 2. The van der Waals surface area contributed by atoms with Crippen molar-refractivity contribution in [1.29, 1.82) is 0 Å². The molecular formula is C21H22N2O6. The number of esters is 1. The highest BCUT2D eigenvalue weighted by atomic mass is 16.6. The van der Waals surface area contributed by atoms with E-state index in [9.17, 15) is 14.4 Å². The Kier molecular flexibility index (Phi) is 6.33. The summed E-state index contributed by atoms with van der Waals surface area (Å²) in [5.41, 5.74) is 1.57. The van der Waals surface area contributed by atoms with E-state index >= 15 is 0 Å². The predicted molar refractivity (Wildman–Crippen MR) is 106 cm³/mol. The van der Waals surface area contributed by atoms with Crippen LogP contribution in [0.4, 0.5) is 11.4 Å². The Balaban J connectivity index is 1.61. The van der Waals surface area contributed by atoms with E-state index in [4.69, 9.17) is 9.47 Å². The van der Waals surface area contributed by atoms with Crippen LogP contribution in [0.3, 0.4) is 0 Å². The fourth-order valence-electron chi connectivity index (χ4n) is 2.92. The molecule has 0 saturated heterocycles. The van der Waals surface area contributed by atoms with Gasteiger partial charge in [0.1, 0.15) is 13.2 Å². The molecule has 0 aliphatic carbocycles. The van der Waals surface area contributed by atoms with Gasteiger partial charge in [0.2, 0.25) is 11.8 Å². The maximum absolute atomic E-state index is 12.3. The summed E-state index contributed by atoms with van der Waals surface area (Å²) in [6, 6.07) is 11.6. The van der Waals surface area contributed by atoms with Crippen LogP contribution in [-0.4, -0.2) is 44.7 Å². The van der Waals surface area contributed by atoms with Crippen LogP contribution < -0.4 is 19.7 Å². The first kappa shape index (κ1) is 20.2. The SMILES string of the molecule is COC(=O)c1ccc(N(CCC(=O)Nc2ccc3c(c2)OCCO3)C(C)=O)cc1. The van der Waals surface area contributed by atoms with Crippen molar-refractivity contribution >= 4 is 29.2 Å². The minimum Gasteiger partial charge on any atom is -0.486 e. The molecule has 1 aliphatic heterocycles. The molecule has 29 heavy (non-hydrogen) atoms. The van der Waals surface area contributed by atoms with E-state index < -0.39 is 5.97 Å². The van der Waals surface area contributed by atoms with Gasteiger partial charge in [-0.3, -0.25) is 9.59 Å². The first-order valence-electron chi connectivity index (χ1n) is 9.14. The molecule has 1 heterocycles. The molecule has 0 unspecified atom stereocenters. The zero-order valence-corrected chi connectivity index (χ0v) is 16.3. The summed E-state index contributed by atoms with van der Waals surface area (Å²) < 4.78 is 15.6. The number of hydrogen-bond acceptors (Lipinski definition) is 6. The summed E-state index contributed by atoms with van der Waals surface area (Å²) >= 11 is 0. The third-order valence-corrected chi connectivity index (χ3v) is 4.37. The number of carbonyl (C=O) groups excluding carboxylic acids is 3. The van der Waals surface area contributed by atoms with Crippen molar-refractivity contribution in [3.05, 3.63) is 48.0 Å². The Morgan fingerprint density at radius 2 is 1.72 bits per heavy atom. The van der Waals surface area contributed by atoms with Gasteiger partial charge in [-0.05, 0) is 36.4 Å². The van der Waals surface area contributed by atoms with Crippen molar-refractivity contribution in [2.45, 2.75) is 13.3 Å². The molecule has 0 bridgehead atoms. The van der Waals surface area contributed by atoms with Crippen LogP contribution in [-0.2, 0) is 14.3 Å². The summed E-state index contributed by atoms with van der Waals surface area (Å²) in [5.74, 6) is 0.337. The van der Waals surface area contributed by atoms with Gasteiger partial charge in [0.15, 0.2) is 11.5 Å². The summed E-state index contributed by atoms with van der Waals surface area (Å²) in [6.07, 6.45) is 0.104. The zero-order chi connectivity index (χ0) is 20.8. The molecule has 0 aromatic heterocycles. The molecule has 2 aromatic rings. The maximum atomic E-state index is 12.3. The van der Waals surface area contributed by atoms with Crippen molar-refractivity contribution in [3.8, 4) is 11.5 Å². The Morgan fingerprint density at radius 3 is 2.38 bits per heavy atom. The smallest absolute Gasteiger partial charge is 0.337 e. The number of carbonyl (C=O) groups is 3. The quantitative estimate of drug-likeness (QED) is 0.752. The number of fused-ring (bicyclic) bond motifs is 1. The first-order valence-corrected chi connectivity index (χ1v) is 9.14. The van der Waals surface area contributed by atoms with E-state index in [1.54, 1.807) is 42.5 Å². The number of hydrogen-bond donors (Lipinski definition) is 1. The van der Waals surface area contributed by atoms with Crippen LogP contribution in [0, 0.1) is 0 Å². The third kappa shape index (κ3) is 5.04. The highest BCUT2D eigenvalue weighted by Crippen LogP contribution is 2.32. The highest BCUT2D eigenvalue weighted by Gasteiger charge is 2.16. The lowest BCUT2D eigenvalue weighted by atomic mass is 10.2. The summed E-state index contributed by atoms with van der Waals surface area (Å²) in [6.45, 7) is 2.59. The number of ether oxygens (including phenoxy) is 3. The number of anilines is 2. The van der Waals surface area contributed by atoms with Crippen molar-refractivity contribution in [3.63, 3.8) is 0 Å². The minimum absolute atomic E-state index is 0.104. The lowest BCUT2D eigenvalue weighted by Crippen LogP contribution is -2.32. The fraction of sp³-hybridized carbons (Fsp3) is 0.286. The highest BCUT2D eigenvalue weighted by molar-refractivity contribution is 5.95. The molecular weight excluding hydrogens is 376 g/mol. The number of methoxy groups -OCH3 is 1. The molecule has 1 aliphatic rings. The van der Waals surface area contributed by atoms with Crippen LogP contribution in [0.25, 0.3) is 0 Å². The molecule has 3 rings (SSSR count). The molecule has 8 nitrogen and oxygen atoms in total. The summed E-state index contributed by atoms with van der Waals surface area (Å²) in [7, 11) is 1.30. The zero-order valence-electron chi connectivity index (χ0n) is 16.3. The van der Waals surface area contributed by atoms with Gasteiger partial charge < -0.3 is 24.4 Å². The average Bonchev–Trinajstić information content (AvgIpc) is 2.73. The van der Waals surface area contributed by atoms with Gasteiger partial charge in [-0.15, -0.1) is 0 Å². The van der Waals surface area contributed by atoms with E-state index in [0.29, 0.717) is 41.7 Å². The van der Waals surface area contributed by atoms with Gasteiger partial charge in [0, 0.05) is 37.3 Å². The van der Waals surface area contributed by atoms with Gasteiger partial charge in [-0.25, -0.2) is 4.79 Å². The molecule has 0 radical (unpaired) electrons. The number of nitrogens with one attached hydrogen (secondary N) is 1. The maximum Gasteiger partial charge on any atom is 0.337 e. The second-order valence-corrected chi connectivity index (χ2v) is 6.37. The largest absolute Gasteiger partial charge is 0.486 e. The van der Waals surface area contributed by atoms with Gasteiger partial charge >= 0.3 is 5.97 Å². The Bertz CT molecular complexity index is 910. The van der Waals surface area contributed by atoms with Crippen LogP contribution in [0.2, 0.25) is 0 Å². The monoisotopic (exact) mass is 398 g/mol. The van der Waals surface area contributed by atoms with Gasteiger partial charge in [-0.1, -0.05) is 0 Å². The minimum atomic E-state index is -0.454. The Morgan fingerprint density at radius 1 is 1.03 bits per heavy atom. The normalized spacial score (nSPS) is 12.1. The van der Waals surface area contributed by atoms with Crippen LogP contribution in [0.15, 0.2) is 42.5 Å². The van der Waals surface area contributed by atoms with Crippen molar-refractivity contribution in [1.82, 2.24) is 0 Å². The van der Waals surface area contributed by atoms with Crippen LogP contribution in [0.5, 0.6) is 11.5 Å². The molecule has 0 fully saturated rings. The Labute approximate surface area is 168 Å². The summed E-state index contributed by atoms with van der Waals surface area (Å²) in [5, 5.41) is 2.80. The number of nitrogens with zero attached hydrogens (tertiary/aromatic N) is 1. The van der Waals surface area contributed by atoms with E-state index in [1.807, 2.05) is 0 Å². The van der Waals surface area contributed by atoms with E-state index in [-0.39, 0.29) is 24.8 Å². The lowest BCUT2D eigenvalue weighted by molar-refractivity contribution is -0.117.